The number of nitrogens with two attached hydrogens (primary N) is 1. The summed E-state index contributed by atoms with van der Waals surface area (Å²) in [4.78, 5) is 0. The fraction of sp³-hybridized carbons (Fsp3) is 0.200. The van der Waals surface area contributed by atoms with Crippen LogP contribution < -0.4 is 15.2 Å². The smallest absolute Gasteiger partial charge is 0.169 e. The summed E-state index contributed by atoms with van der Waals surface area (Å²) in [7, 11) is 0. The van der Waals surface area contributed by atoms with Crippen molar-refractivity contribution in [2.75, 3.05) is 6.61 Å². The minimum atomic E-state index is 0.392. The van der Waals surface area contributed by atoms with Gasteiger partial charge in [-0.3, -0.25) is 0 Å². The highest BCUT2D eigenvalue weighted by molar-refractivity contribution is 6.30. The quantitative estimate of drug-likeness (QED) is 0.899. The molecule has 19 heavy (non-hydrogen) atoms. The maximum atomic E-state index is 5.99. The van der Waals surface area contributed by atoms with Crippen LogP contribution in [-0.2, 0) is 6.54 Å². The normalized spacial score (nSPS) is 10.3. The Morgan fingerprint density at radius 3 is 2.47 bits per heavy atom. The Balaban J connectivity index is 2.33. The second-order valence-electron chi connectivity index (χ2n) is 3.94. The zero-order valence-electron chi connectivity index (χ0n) is 10.7. The van der Waals surface area contributed by atoms with Crippen LogP contribution in [0.25, 0.3) is 0 Å². The van der Waals surface area contributed by atoms with Crippen LogP contribution in [0, 0.1) is 0 Å². The van der Waals surface area contributed by atoms with Gasteiger partial charge in [0.1, 0.15) is 5.75 Å². The number of ether oxygens (including phenoxy) is 2. The van der Waals surface area contributed by atoms with Gasteiger partial charge in [-0.1, -0.05) is 29.8 Å². The van der Waals surface area contributed by atoms with E-state index in [1.165, 1.54) is 0 Å². The van der Waals surface area contributed by atoms with Crippen LogP contribution in [0.2, 0.25) is 5.02 Å². The van der Waals surface area contributed by atoms with Crippen molar-refractivity contribution in [3.05, 3.63) is 53.1 Å². The lowest BCUT2D eigenvalue weighted by Crippen LogP contribution is -2.00. The average molecular weight is 278 g/mol. The van der Waals surface area contributed by atoms with Crippen molar-refractivity contribution in [3.8, 4) is 17.2 Å². The molecule has 0 atom stereocenters. The standard InChI is InChI=1S/C15H16ClNO2/c1-2-18-13-5-3-4-6-14(13)19-15-9-12(16)8-7-11(15)10-17/h3-9H,2,10,17H2,1H3. The second kappa shape index (κ2) is 6.45. The summed E-state index contributed by atoms with van der Waals surface area (Å²) in [6.45, 7) is 2.91. The zero-order valence-corrected chi connectivity index (χ0v) is 11.5. The van der Waals surface area contributed by atoms with Gasteiger partial charge in [-0.05, 0) is 31.2 Å². The number of rotatable bonds is 5. The third kappa shape index (κ3) is 3.40. The molecule has 0 aliphatic heterocycles. The summed E-state index contributed by atoms with van der Waals surface area (Å²) < 4.78 is 11.4. The Morgan fingerprint density at radius 1 is 1.05 bits per heavy atom. The summed E-state index contributed by atoms with van der Waals surface area (Å²) in [5.41, 5.74) is 6.60. The largest absolute Gasteiger partial charge is 0.490 e. The molecule has 4 heteroatoms. The second-order valence-corrected chi connectivity index (χ2v) is 4.37. The van der Waals surface area contributed by atoms with Crippen LogP contribution in [0.3, 0.4) is 0 Å². The third-order valence-corrected chi connectivity index (χ3v) is 2.85. The Hall–Kier alpha value is -1.71. The van der Waals surface area contributed by atoms with Gasteiger partial charge in [0.2, 0.25) is 0 Å². The zero-order chi connectivity index (χ0) is 13.7. The molecular weight excluding hydrogens is 262 g/mol. The van der Waals surface area contributed by atoms with Gasteiger partial charge in [-0.25, -0.2) is 0 Å². The molecule has 0 saturated carbocycles. The minimum Gasteiger partial charge on any atom is -0.490 e. The molecule has 0 aromatic heterocycles. The number of benzene rings is 2. The molecule has 0 spiro atoms. The van der Waals surface area contributed by atoms with E-state index in [1.807, 2.05) is 37.3 Å². The highest BCUT2D eigenvalue weighted by Crippen LogP contribution is 2.34. The predicted molar refractivity (Wildman–Crippen MR) is 77.0 cm³/mol. The average Bonchev–Trinajstić information content (AvgIpc) is 2.42. The van der Waals surface area contributed by atoms with Crippen LogP contribution in [-0.4, -0.2) is 6.61 Å². The van der Waals surface area contributed by atoms with E-state index in [1.54, 1.807) is 12.1 Å². The summed E-state index contributed by atoms with van der Waals surface area (Å²) in [5, 5.41) is 0.612. The molecule has 100 valence electrons. The van der Waals surface area contributed by atoms with Gasteiger partial charge >= 0.3 is 0 Å². The lowest BCUT2D eigenvalue weighted by Gasteiger charge is -2.13. The molecule has 0 unspecified atom stereocenters. The van der Waals surface area contributed by atoms with Gasteiger partial charge in [0.15, 0.2) is 11.5 Å². The van der Waals surface area contributed by atoms with Gasteiger partial charge in [0, 0.05) is 17.1 Å². The Morgan fingerprint density at radius 2 is 1.79 bits per heavy atom. The maximum absolute atomic E-state index is 5.99. The van der Waals surface area contributed by atoms with E-state index in [9.17, 15) is 0 Å². The summed E-state index contributed by atoms with van der Waals surface area (Å²) in [6.07, 6.45) is 0. The molecule has 0 fully saturated rings. The fourth-order valence-corrected chi connectivity index (χ4v) is 1.88. The van der Waals surface area contributed by atoms with Crippen molar-refractivity contribution in [1.29, 1.82) is 0 Å². The van der Waals surface area contributed by atoms with Crippen molar-refractivity contribution < 1.29 is 9.47 Å². The van der Waals surface area contributed by atoms with Gasteiger partial charge in [0.25, 0.3) is 0 Å². The molecule has 3 nitrogen and oxygen atoms in total. The van der Waals surface area contributed by atoms with Gasteiger partial charge < -0.3 is 15.2 Å². The summed E-state index contributed by atoms with van der Waals surface area (Å²) >= 11 is 5.99. The molecule has 0 bridgehead atoms. The molecule has 0 saturated heterocycles. The SMILES string of the molecule is CCOc1ccccc1Oc1cc(Cl)ccc1CN. The van der Waals surface area contributed by atoms with Crippen LogP contribution in [0.1, 0.15) is 12.5 Å². The van der Waals surface area contributed by atoms with E-state index in [0.717, 1.165) is 5.56 Å². The highest BCUT2D eigenvalue weighted by Gasteiger charge is 2.09. The first-order chi connectivity index (χ1) is 9.24. The number of halogens is 1. The van der Waals surface area contributed by atoms with Gasteiger partial charge in [-0.2, -0.15) is 0 Å². The van der Waals surface area contributed by atoms with Crippen molar-refractivity contribution in [2.24, 2.45) is 5.73 Å². The van der Waals surface area contributed by atoms with Crippen molar-refractivity contribution in [3.63, 3.8) is 0 Å². The van der Waals surface area contributed by atoms with Crippen LogP contribution in [0.5, 0.6) is 17.2 Å². The van der Waals surface area contributed by atoms with E-state index in [2.05, 4.69) is 0 Å². The molecule has 2 N–H and O–H groups in total. The van der Waals surface area contributed by atoms with Crippen molar-refractivity contribution >= 4 is 11.6 Å². The molecule has 2 rings (SSSR count). The number of hydrogen-bond acceptors (Lipinski definition) is 3. The maximum Gasteiger partial charge on any atom is 0.169 e. The molecule has 0 heterocycles. The van der Waals surface area contributed by atoms with E-state index in [4.69, 9.17) is 26.8 Å². The first-order valence-electron chi connectivity index (χ1n) is 6.12. The molecule has 0 aliphatic rings. The molecule has 2 aromatic rings. The molecular formula is C15H16ClNO2. The number of para-hydroxylation sites is 2. The number of hydrogen-bond donors (Lipinski definition) is 1. The Labute approximate surface area is 117 Å². The minimum absolute atomic E-state index is 0.392. The van der Waals surface area contributed by atoms with Gasteiger partial charge in [-0.15, -0.1) is 0 Å². The predicted octanol–water partition coefficient (Wildman–Crippen LogP) is 3.99. The monoisotopic (exact) mass is 277 g/mol. The Kier molecular flexibility index (Phi) is 4.66. The van der Waals surface area contributed by atoms with E-state index in [0.29, 0.717) is 35.4 Å². The molecule has 0 radical (unpaired) electrons. The van der Waals surface area contributed by atoms with Crippen LogP contribution in [0.4, 0.5) is 0 Å². The van der Waals surface area contributed by atoms with Crippen LogP contribution >= 0.6 is 11.6 Å². The van der Waals surface area contributed by atoms with Crippen molar-refractivity contribution in [2.45, 2.75) is 13.5 Å². The lowest BCUT2D eigenvalue weighted by molar-refractivity contribution is 0.321. The Bertz CT molecular complexity index is 558. The van der Waals surface area contributed by atoms with E-state index < -0.39 is 0 Å². The molecule has 0 amide bonds. The molecule has 2 aromatic carbocycles. The van der Waals surface area contributed by atoms with Crippen molar-refractivity contribution in [1.82, 2.24) is 0 Å². The van der Waals surface area contributed by atoms with Gasteiger partial charge in [0.05, 0.1) is 6.61 Å². The van der Waals surface area contributed by atoms with E-state index >= 15 is 0 Å². The summed E-state index contributed by atoms with van der Waals surface area (Å²) in [5.74, 6) is 2.01. The first-order valence-corrected chi connectivity index (χ1v) is 6.50. The van der Waals surface area contributed by atoms with Crippen LogP contribution in [0.15, 0.2) is 42.5 Å². The lowest BCUT2D eigenvalue weighted by atomic mass is 10.2. The van der Waals surface area contributed by atoms with E-state index in [-0.39, 0.29) is 0 Å². The first kappa shape index (κ1) is 13.7. The topological polar surface area (TPSA) is 44.5 Å². The summed E-state index contributed by atoms with van der Waals surface area (Å²) in [6, 6.07) is 12.9. The highest BCUT2D eigenvalue weighted by atomic mass is 35.5. The molecule has 0 aliphatic carbocycles. The fourth-order valence-electron chi connectivity index (χ4n) is 1.72. The third-order valence-electron chi connectivity index (χ3n) is 2.62.